The van der Waals surface area contributed by atoms with Gasteiger partial charge >= 0.3 is 0 Å². The maximum atomic E-state index is 12.1. The van der Waals surface area contributed by atoms with Gasteiger partial charge in [0.2, 0.25) is 0 Å². The van der Waals surface area contributed by atoms with Gasteiger partial charge in [-0.05, 0) is 18.7 Å². The highest BCUT2D eigenvalue weighted by molar-refractivity contribution is 5.63. The van der Waals surface area contributed by atoms with Crippen molar-refractivity contribution < 1.29 is 0 Å². The van der Waals surface area contributed by atoms with Crippen LogP contribution in [0, 0.1) is 0 Å². The Morgan fingerprint density at radius 1 is 1.35 bits per heavy atom. The molecule has 0 atom stereocenters. The van der Waals surface area contributed by atoms with Crippen LogP contribution in [0.4, 0.5) is 0 Å². The standard InChI is InChI=1S/C14H15N5O/c1-18-11(4-5-15)7-14(20)19-13(18)8-12(17-19)10-3-2-6-16-9-10/h2-3,6-9H,4-5,15H2,1H3. The van der Waals surface area contributed by atoms with Crippen molar-refractivity contribution in [1.82, 2.24) is 19.2 Å². The van der Waals surface area contributed by atoms with Crippen LogP contribution in [0.15, 0.2) is 41.5 Å². The Bertz CT molecular complexity index is 804. The highest BCUT2D eigenvalue weighted by Gasteiger charge is 2.10. The molecule has 3 aromatic heterocycles. The zero-order valence-electron chi connectivity index (χ0n) is 11.2. The SMILES string of the molecule is Cn1c(CCN)cc(=O)n2nc(-c3cccnc3)cc12. The van der Waals surface area contributed by atoms with Crippen molar-refractivity contribution in [3.63, 3.8) is 0 Å². The summed E-state index contributed by atoms with van der Waals surface area (Å²) in [6.07, 6.45) is 4.10. The van der Waals surface area contributed by atoms with Gasteiger partial charge in [0.1, 0.15) is 5.65 Å². The number of rotatable bonds is 3. The van der Waals surface area contributed by atoms with Crippen LogP contribution in [0.1, 0.15) is 5.69 Å². The van der Waals surface area contributed by atoms with Gasteiger partial charge in [-0.15, -0.1) is 0 Å². The summed E-state index contributed by atoms with van der Waals surface area (Å²) in [5.41, 5.74) is 8.70. The van der Waals surface area contributed by atoms with Crippen molar-refractivity contribution in [2.24, 2.45) is 12.8 Å². The smallest absolute Gasteiger partial charge is 0.274 e. The first-order chi connectivity index (χ1) is 9.70. The third kappa shape index (κ3) is 2.00. The van der Waals surface area contributed by atoms with Gasteiger partial charge in [-0.2, -0.15) is 9.61 Å². The molecule has 6 nitrogen and oxygen atoms in total. The average Bonchev–Trinajstić information content (AvgIpc) is 2.92. The van der Waals surface area contributed by atoms with E-state index in [-0.39, 0.29) is 5.56 Å². The fourth-order valence-corrected chi connectivity index (χ4v) is 2.26. The van der Waals surface area contributed by atoms with Gasteiger partial charge in [0.15, 0.2) is 0 Å². The molecule has 0 fully saturated rings. The molecule has 6 heteroatoms. The Morgan fingerprint density at radius 3 is 2.90 bits per heavy atom. The highest BCUT2D eigenvalue weighted by Crippen LogP contribution is 2.17. The van der Waals surface area contributed by atoms with Crippen LogP contribution in [0.3, 0.4) is 0 Å². The molecule has 2 N–H and O–H groups in total. The van der Waals surface area contributed by atoms with Crippen LogP contribution in [0.5, 0.6) is 0 Å². The van der Waals surface area contributed by atoms with Crippen LogP contribution in [-0.2, 0) is 13.5 Å². The molecule has 0 saturated carbocycles. The van der Waals surface area contributed by atoms with Crippen LogP contribution in [0.25, 0.3) is 16.9 Å². The van der Waals surface area contributed by atoms with Crippen molar-refractivity contribution >= 4 is 5.65 Å². The van der Waals surface area contributed by atoms with Crippen molar-refractivity contribution in [3.05, 3.63) is 52.7 Å². The molecule has 102 valence electrons. The van der Waals surface area contributed by atoms with Crippen LogP contribution in [-0.4, -0.2) is 25.7 Å². The second-order valence-corrected chi connectivity index (χ2v) is 4.61. The maximum Gasteiger partial charge on any atom is 0.274 e. The first-order valence-corrected chi connectivity index (χ1v) is 6.40. The molecule has 0 spiro atoms. The van der Waals surface area contributed by atoms with Crippen LogP contribution < -0.4 is 11.3 Å². The van der Waals surface area contributed by atoms with Gasteiger partial charge in [-0.25, -0.2) is 0 Å². The number of hydrogen-bond acceptors (Lipinski definition) is 4. The summed E-state index contributed by atoms with van der Waals surface area (Å²) in [5, 5.41) is 4.36. The summed E-state index contributed by atoms with van der Waals surface area (Å²) < 4.78 is 3.35. The summed E-state index contributed by atoms with van der Waals surface area (Å²) in [6, 6.07) is 7.23. The van der Waals surface area contributed by atoms with E-state index in [0.717, 1.165) is 22.6 Å². The van der Waals surface area contributed by atoms with E-state index in [2.05, 4.69) is 10.1 Å². The predicted octanol–water partition coefficient (Wildman–Crippen LogP) is 0.596. The number of fused-ring (bicyclic) bond motifs is 1. The predicted molar refractivity (Wildman–Crippen MR) is 76.4 cm³/mol. The lowest BCUT2D eigenvalue weighted by atomic mass is 10.2. The second-order valence-electron chi connectivity index (χ2n) is 4.61. The summed E-state index contributed by atoms with van der Waals surface area (Å²) in [5.74, 6) is 0. The molecule has 0 amide bonds. The largest absolute Gasteiger partial charge is 0.333 e. The van der Waals surface area contributed by atoms with Gasteiger partial charge in [0.05, 0.1) is 5.69 Å². The first kappa shape index (κ1) is 12.6. The molecule has 0 aliphatic heterocycles. The van der Waals surface area contributed by atoms with E-state index in [0.29, 0.717) is 13.0 Å². The molecule has 3 heterocycles. The molecule has 0 aliphatic rings. The first-order valence-electron chi connectivity index (χ1n) is 6.40. The average molecular weight is 269 g/mol. The minimum Gasteiger partial charge on any atom is -0.333 e. The van der Waals surface area contributed by atoms with Crippen molar-refractivity contribution in [2.45, 2.75) is 6.42 Å². The Balaban J connectivity index is 2.23. The van der Waals surface area contributed by atoms with Gasteiger partial charge < -0.3 is 10.3 Å². The van der Waals surface area contributed by atoms with E-state index in [9.17, 15) is 4.79 Å². The van der Waals surface area contributed by atoms with Gasteiger partial charge in [-0.3, -0.25) is 9.78 Å². The molecule has 3 rings (SSSR count). The Kier molecular flexibility index (Phi) is 3.08. The van der Waals surface area contributed by atoms with E-state index in [1.807, 2.05) is 29.8 Å². The molecule has 0 saturated heterocycles. The van der Waals surface area contributed by atoms with Crippen LogP contribution >= 0.6 is 0 Å². The van der Waals surface area contributed by atoms with Gasteiger partial charge in [0.25, 0.3) is 5.56 Å². The second kappa shape index (κ2) is 4.90. The molecule has 20 heavy (non-hydrogen) atoms. The highest BCUT2D eigenvalue weighted by atomic mass is 16.1. The summed E-state index contributed by atoms with van der Waals surface area (Å²) in [6.45, 7) is 0.507. The molecule has 0 aromatic carbocycles. The molecular weight excluding hydrogens is 254 g/mol. The van der Waals surface area contributed by atoms with E-state index in [1.165, 1.54) is 4.52 Å². The third-order valence-corrected chi connectivity index (χ3v) is 3.32. The maximum absolute atomic E-state index is 12.1. The number of aryl methyl sites for hydroxylation is 1. The molecule has 3 aromatic rings. The summed E-state index contributed by atoms with van der Waals surface area (Å²) in [7, 11) is 1.91. The lowest BCUT2D eigenvalue weighted by Crippen LogP contribution is -2.21. The summed E-state index contributed by atoms with van der Waals surface area (Å²) >= 11 is 0. The lowest BCUT2D eigenvalue weighted by molar-refractivity contribution is 0.757. The molecular formula is C14H15N5O. The normalized spacial score (nSPS) is 11.1. The molecule has 0 bridgehead atoms. The Morgan fingerprint density at radius 2 is 2.20 bits per heavy atom. The zero-order valence-corrected chi connectivity index (χ0v) is 11.2. The lowest BCUT2D eigenvalue weighted by Gasteiger charge is -2.08. The molecule has 0 unspecified atom stereocenters. The zero-order chi connectivity index (χ0) is 14.1. The van der Waals surface area contributed by atoms with Gasteiger partial charge in [-0.1, -0.05) is 0 Å². The molecule has 0 radical (unpaired) electrons. The van der Waals surface area contributed by atoms with E-state index >= 15 is 0 Å². The third-order valence-electron chi connectivity index (χ3n) is 3.32. The minimum atomic E-state index is -0.142. The fraction of sp³-hybridized carbons (Fsp3) is 0.214. The Hall–Kier alpha value is -2.47. The van der Waals surface area contributed by atoms with Crippen molar-refractivity contribution in [2.75, 3.05) is 6.54 Å². The number of hydrogen-bond donors (Lipinski definition) is 1. The number of nitrogens with zero attached hydrogens (tertiary/aromatic N) is 4. The quantitative estimate of drug-likeness (QED) is 0.755. The fourth-order valence-electron chi connectivity index (χ4n) is 2.26. The van der Waals surface area contributed by atoms with Crippen molar-refractivity contribution in [3.8, 4) is 11.3 Å². The number of nitrogens with two attached hydrogens (primary N) is 1. The Labute approximate surface area is 115 Å². The minimum absolute atomic E-state index is 0.142. The van der Waals surface area contributed by atoms with Crippen LogP contribution in [0.2, 0.25) is 0 Å². The molecule has 0 aliphatic carbocycles. The monoisotopic (exact) mass is 269 g/mol. The topological polar surface area (TPSA) is 78.2 Å². The van der Waals surface area contributed by atoms with E-state index < -0.39 is 0 Å². The number of pyridine rings is 1. The van der Waals surface area contributed by atoms with Gasteiger partial charge in [0, 0.05) is 49.3 Å². The van der Waals surface area contributed by atoms with Crippen molar-refractivity contribution in [1.29, 1.82) is 0 Å². The van der Waals surface area contributed by atoms with E-state index in [1.54, 1.807) is 18.5 Å². The summed E-state index contributed by atoms with van der Waals surface area (Å²) in [4.78, 5) is 16.2. The van der Waals surface area contributed by atoms with E-state index in [4.69, 9.17) is 5.73 Å². The number of aromatic nitrogens is 4.